The van der Waals surface area contributed by atoms with Crippen molar-refractivity contribution >= 4 is 5.97 Å². The fourth-order valence-electron chi connectivity index (χ4n) is 4.08. The first-order valence-corrected chi connectivity index (χ1v) is 9.67. The van der Waals surface area contributed by atoms with Crippen molar-refractivity contribution in [2.75, 3.05) is 7.11 Å². The van der Waals surface area contributed by atoms with Crippen molar-refractivity contribution in [1.82, 2.24) is 4.90 Å². The van der Waals surface area contributed by atoms with Gasteiger partial charge >= 0.3 is 5.97 Å². The minimum absolute atomic E-state index is 0.0325. The van der Waals surface area contributed by atoms with Crippen LogP contribution in [0.15, 0.2) is 60.7 Å². The lowest BCUT2D eigenvalue weighted by Crippen LogP contribution is -2.42. The summed E-state index contributed by atoms with van der Waals surface area (Å²) in [6, 6.07) is 21.3. The van der Waals surface area contributed by atoms with Crippen LogP contribution in [0, 0.1) is 5.92 Å². The van der Waals surface area contributed by atoms with Crippen LogP contribution in [0.4, 0.5) is 0 Å². The summed E-state index contributed by atoms with van der Waals surface area (Å²) in [4.78, 5) is 15.0. The second-order valence-electron chi connectivity index (χ2n) is 7.21. The van der Waals surface area contributed by atoms with E-state index in [1.807, 2.05) is 12.1 Å². The SMILES string of the molecule is COC(=O)[C@@H]1CCCCC[C@@H]1N(Cc1ccccc1)Cc1ccccc1. The molecule has 0 spiro atoms. The molecule has 0 bridgehead atoms. The Bertz CT molecular complexity index is 630. The van der Waals surface area contributed by atoms with Gasteiger partial charge in [-0.3, -0.25) is 9.69 Å². The van der Waals surface area contributed by atoms with Crippen molar-refractivity contribution in [2.45, 2.75) is 51.2 Å². The zero-order valence-electron chi connectivity index (χ0n) is 15.6. The number of hydrogen-bond donors (Lipinski definition) is 0. The number of ether oxygens (including phenoxy) is 1. The third-order valence-electron chi connectivity index (χ3n) is 5.41. The largest absolute Gasteiger partial charge is 0.469 e. The molecule has 3 nitrogen and oxygen atoms in total. The molecular weight excluding hydrogens is 322 g/mol. The monoisotopic (exact) mass is 351 g/mol. The van der Waals surface area contributed by atoms with Crippen molar-refractivity contribution in [1.29, 1.82) is 0 Å². The number of esters is 1. The summed E-state index contributed by atoms with van der Waals surface area (Å²) in [5, 5.41) is 0. The molecule has 0 radical (unpaired) electrons. The molecule has 0 aliphatic heterocycles. The molecule has 2 aromatic carbocycles. The second kappa shape index (κ2) is 9.54. The van der Waals surface area contributed by atoms with Crippen LogP contribution in [-0.4, -0.2) is 24.0 Å². The van der Waals surface area contributed by atoms with Crippen molar-refractivity contribution in [3.05, 3.63) is 71.8 Å². The lowest BCUT2D eigenvalue weighted by molar-refractivity contribution is -0.148. The average molecular weight is 351 g/mol. The first kappa shape index (κ1) is 18.7. The van der Waals surface area contributed by atoms with E-state index in [0.717, 1.165) is 32.4 Å². The number of hydrogen-bond acceptors (Lipinski definition) is 3. The van der Waals surface area contributed by atoms with Crippen LogP contribution in [0.25, 0.3) is 0 Å². The van der Waals surface area contributed by atoms with Gasteiger partial charge in [0.05, 0.1) is 13.0 Å². The second-order valence-corrected chi connectivity index (χ2v) is 7.21. The van der Waals surface area contributed by atoms with E-state index < -0.39 is 0 Å². The highest BCUT2D eigenvalue weighted by atomic mass is 16.5. The van der Waals surface area contributed by atoms with Gasteiger partial charge in [-0.15, -0.1) is 0 Å². The van der Waals surface area contributed by atoms with Crippen molar-refractivity contribution in [3.63, 3.8) is 0 Å². The maximum absolute atomic E-state index is 12.5. The van der Waals surface area contributed by atoms with Gasteiger partial charge in [0.15, 0.2) is 0 Å². The highest BCUT2D eigenvalue weighted by molar-refractivity contribution is 5.73. The zero-order valence-corrected chi connectivity index (χ0v) is 15.6. The summed E-state index contributed by atoms with van der Waals surface area (Å²) in [6.45, 7) is 1.71. The Balaban J connectivity index is 1.87. The number of methoxy groups -OCH3 is 1. The highest BCUT2D eigenvalue weighted by Crippen LogP contribution is 2.30. The van der Waals surface area contributed by atoms with Crippen LogP contribution in [0.3, 0.4) is 0 Å². The number of carbonyl (C=O) groups is 1. The van der Waals surface area contributed by atoms with Crippen LogP contribution in [0.5, 0.6) is 0 Å². The van der Waals surface area contributed by atoms with Gasteiger partial charge in [-0.2, -0.15) is 0 Å². The minimum atomic E-state index is -0.0528. The summed E-state index contributed by atoms with van der Waals surface area (Å²) >= 11 is 0. The third kappa shape index (κ3) is 4.95. The Labute approximate surface area is 157 Å². The molecule has 0 saturated heterocycles. The van der Waals surface area contributed by atoms with Crippen LogP contribution < -0.4 is 0 Å². The molecule has 3 heteroatoms. The minimum Gasteiger partial charge on any atom is -0.469 e. The number of carbonyl (C=O) groups excluding carboxylic acids is 1. The molecule has 0 unspecified atom stereocenters. The van der Waals surface area contributed by atoms with Crippen LogP contribution in [-0.2, 0) is 22.6 Å². The van der Waals surface area contributed by atoms with E-state index in [2.05, 4.69) is 53.4 Å². The summed E-state index contributed by atoms with van der Waals surface area (Å²) in [5.41, 5.74) is 2.58. The molecule has 26 heavy (non-hydrogen) atoms. The molecular formula is C23H29NO2. The van der Waals surface area contributed by atoms with Crippen LogP contribution >= 0.6 is 0 Å². The first-order valence-electron chi connectivity index (χ1n) is 9.67. The van der Waals surface area contributed by atoms with E-state index in [0.29, 0.717) is 0 Å². The molecule has 0 N–H and O–H groups in total. The molecule has 1 saturated carbocycles. The summed E-state index contributed by atoms with van der Waals surface area (Å²) in [5.74, 6) is -0.0852. The molecule has 0 heterocycles. The number of nitrogens with zero attached hydrogens (tertiary/aromatic N) is 1. The van der Waals surface area contributed by atoms with Gasteiger partial charge in [-0.1, -0.05) is 79.9 Å². The fourth-order valence-corrected chi connectivity index (χ4v) is 4.08. The van der Waals surface area contributed by atoms with E-state index >= 15 is 0 Å². The Kier molecular flexibility index (Phi) is 6.84. The van der Waals surface area contributed by atoms with Gasteiger partial charge in [-0.25, -0.2) is 0 Å². The predicted octanol–water partition coefficient (Wildman–Crippen LogP) is 4.81. The smallest absolute Gasteiger partial charge is 0.310 e. The molecule has 0 amide bonds. The molecule has 2 aromatic rings. The molecule has 0 aromatic heterocycles. The Morgan fingerprint density at radius 3 is 1.96 bits per heavy atom. The van der Waals surface area contributed by atoms with Gasteiger partial charge in [0, 0.05) is 19.1 Å². The van der Waals surface area contributed by atoms with E-state index in [9.17, 15) is 4.79 Å². The van der Waals surface area contributed by atoms with Gasteiger partial charge in [0.2, 0.25) is 0 Å². The van der Waals surface area contributed by atoms with E-state index in [1.165, 1.54) is 31.1 Å². The van der Waals surface area contributed by atoms with Crippen molar-refractivity contribution in [3.8, 4) is 0 Å². The van der Waals surface area contributed by atoms with E-state index in [4.69, 9.17) is 4.74 Å². The normalized spacial score (nSPS) is 20.5. The third-order valence-corrected chi connectivity index (χ3v) is 5.41. The van der Waals surface area contributed by atoms with Gasteiger partial charge in [-0.05, 0) is 24.0 Å². The molecule has 3 rings (SSSR count). The number of rotatable bonds is 6. The summed E-state index contributed by atoms with van der Waals surface area (Å²) in [7, 11) is 1.52. The molecule has 1 aliphatic rings. The van der Waals surface area contributed by atoms with Crippen LogP contribution in [0.2, 0.25) is 0 Å². The Morgan fingerprint density at radius 1 is 0.885 bits per heavy atom. The molecule has 1 aliphatic carbocycles. The van der Waals surface area contributed by atoms with Crippen LogP contribution in [0.1, 0.15) is 43.2 Å². The first-order chi connectivity index (χ1) is 12.8. The maximum atomic E-state index is 12.5. The standard InChI is InChI=1S/C23H29NO2/c1-26-23(25)21-15-9-4-10-16-22(21)24(17-19-11-5-2-6-12-19)18-20-13-7-3-8-14-20/h2-3,5-8,11-14,21-22H,4,9-10,15-18H2,1H3/t21-,22+/m1/s1. The molecule has 1 fully saturated rings. The lowest BCUT2D eigenvalue weighted by atomic mass is 9.92. The number of benzene rings is 2. The molecule has 138 valence electrons. The van der Waals surface area contributed by atoms with Crippen molar-refractivity contribution < 1.29 is 9.53 Å². The molecule has 2 atom stereocenters. The van der Waals surface area contributed by atoms with Gasteiger partial charge < -0.3 is 4.74 Å². The van der Waals surface area contributed by atoms with Gasteiger partial charge in [0.25, 0.3) is 0 Å². The van der Waals surface area contributed by atoms with E-state index in [1.54, 1.807) is 0 Å². The van der Waals surface area contributed by atoms with Crippen molar-refractivity contribution in [2.24, 2.45) is 5.92 Å². The quantitative estimate of drug-likeness (QED) is 0.552. The topological polar surface area (TPSA) is 29.5 Å². The fraction of sp³-hybridized carbons (Fsp3) is 0.435. The average Bonchev–Trinajstić information content (AvgIpc) is 2.94. The Hall–Kier alpha value is -2.13. The highest BCUT2D eigenvalue weighted by Gasteiger charge is 2.34. The summed E-state index contributed by atoms with van der Waals surface area (Å²) < 4.78 is 5.16. The lowest BCUT2D eigenvalue weighted by Gasteiger charge is -2.35. The summed E-state index contributed by atoms with van der Waals surface area (Å²) in [6.07, 6.45) is 5.48. The predicted molar refractivity (Wildman–Crippen MR) is 105 cm³/mol. The zero-order chi connectivity index (χ0) is 18.2. The Morgan fingerprint density at radius 2 is 1.42 bits per heavy atom. The maximum Gasteiger partial charge on any atom is 0.310 e. The van der Waals surface area contributed by atoms with E-state index in [-0.39, 0.29) is 17.9 Å². The van der Waals surface area contributed by atoms with Gasteiger partial charge in [0.1, 0.15) is 0 Å².